The number of likely N-dealkylation sites (N-methyl/N-ethyl adjacent to an activating group) is 2. The summed E-state index contributed by atoms with van der Waals surface area (Å²) in [4.78, 5) is 50.1. The number of anilines is 1. The van der Waals surface area contributed by atoms with Crippen LogP contribution in [0.5, 0.6) is 0 Å². The molecule has 0 radical (unpaired) electrons. The number of para-hydroxylation sites is 1. The lowest BCUT2D eigenvalue weighted by Gasteiger charge is -2.36. The average Bonchev–Trinajstić information content (AvgIpc) is 3.22. The third-order valence-corrected chi connectivity index (χ3v) is 8.59. The molecule has 0 aromatic heterocycles. The van der Waals surface area contributed by atoms with E-state index in [1.165, 1.54) is 0 Å². The van der Waals surface area contributed by atoms with E-state index < -0.39 is 17.6 Å². The van der Waals surface area contributed by atoms with Crippen LogP contribution in [0.4, 0.5) is 5.69 Å². The average molecular weight is 478 g/mol. The minimum atomic E-state index is -0.919. The van der Waals surface area contributed by atoms with Crippen LogP contribution < -0.4 is 5.32 Å². The number of carbonyl (C=O) groups excluding carboxylic acids is 3. The fourth-order valence-electron chi connectivity index (χ4n) is 6.60. The van der Waals surface area contributed by atoms with Crippen LogP contribution >= 0.6 is 0 Å². The molecule has 2 saturated heterocycles. The molecule has 35 heavy (non-hydrogen) atoms. The maximum atomic E-state index is 14.1. The fourth-order valence-corrected chi connectivity index (χ4v) is 6.60. The van der Waals surface area contributed by atoms with Gasteiger partial charge in [0.25, 0.3) is 5.91 Å². The van der Waals surface area contributed by atoms with Crippen molar-refractivity contribution in [2.45, 2.75) is 63.7 Å². The van der Waals surface area contributed by atoms with E-state index >= 15 is 0 Å². The van der Waals surface area contributed by atoms with Crippen LogP contribution in [0.25, 0.3) is 4.85 Å². The summed E-state index contributed by atoms with van der Waals surface area (Å²) in [5.41, 5.74) is 0.683. The lowest BCUT2D eigenvalue weighted by Crippen LogP contribution is -2.55. The van der Waals surface area contributed by atoms with Crippen molar-refractivity contribution in [3.8, 4) is 0 Å². The highest BCUT2D eigenvalue weighted by Gasteiger charge is 2.60. The van der Waals surface area contributed by atoms with E-state index in [9.17, 15) is 14.4 Å². The van der Waals surface area contributed by atoms with Crippen molar-refractivity contribution in [3.05, 3.63) is 41.2 Å². The van der Waals surface area contributed by atoms with Crippen LogP contribution in [0.15, 0.2) is 24.3 Å². The van der Waals surface area contributed by atoms with Crippen LogP contribution in [0.1, 0.15) is 45.6 Å². The zero-order valence-corrected chi connectivity index (χ0v) is 21.0. The highest BCUT2D eigenvalue weighted by Crippen LogP contribution is 2.50. The summed E-state index contributed by atoms with van der Waals surface area (Å²) in [6.45, 7) is 15.9. The standard InChI is InChI=1S/C27H35N5O3/c1-6-31-14-17-12-18(17)23(31)25(34)30(5)21(11-16(2)3)24(33)32-15-27(13-22(32)28-4)19-9-7-8-10-20(19)29-26(27)35/h7-10,16-18,21-23H,6,11-15H2,1-3,5H3,(H,29,35)/t17-,18-,21+,22+,23+,27+/m1/s1. The summed E-state index contributed by atoms with van der Waals surface area (Å²) in [5.74, 6) is 0.812. The predicted octanol–water partition coefficient (Wildman–Crippen LogP) is 2.57. The van der Waals surface area contributed by atoms with Crippen molar-refractivity contribution < 1.29 is 14.4 Å². The van der Waals surface area contributed by atoms with Gasteiger partial charge in [-0.05, 0) is 48.8 Å². The SMILES string of the molecule is [C-]#[N+][C@@H]1C[C@@]2(CN1C(=O)[C@H](CC(C)C)N(C)C(=O)[C@@H]1[C@@H]3C[C@@H]3CN1CC)C(=O)Nc1ccccc12. The van der Waals surface area contributed by atoms with Gasteiger partial charge >= 0.3 is 6.17 Å². The third kappa shape index (κ3) is 3.72. The number of piperidine rings is 1. The Hall–Kier alpha value is -2.92. The van der Waals surface area contributed by atoms with Gasteiger partial charge in [-0.3, -0.25) is 29.0 Å². The van der Waals surface area contributed by atoms with Crippen LogP contribution in [0.2, 0.25) is 0 Å². The summed E-state index contributed by atoms with van der Waals surface area (Å²) in [5, 5.41) is 2.94. The Morgan fingerprint density at radius 1 is 1.31 bits per heavy atom. The van der Waals surface area contributed by atoms with Gasteiger partial charge in [-0.15, -0.1) is 0 Å². The van der Waals surface area contributed by atoms with Crippen LogP contribution in [0, 0.1) is 24.3 Å². The van der Waals surface area contributed by atoms with Crippen molar-refractivity contribution >= 4 is 23.4 Å². The normalized spacial score (nSPS) is 31.8. The number of rotatable bonds is 6. The molecule has 3 amide bonds. The maximum Gasteiger partial charge on any atom is 0.302 e. The Morgan fingerprint density at radius 3 is 2.74 bits per heavy atom. The van der Waals surface area contributed by atoms with Gasteiger partial charge in [-0.25, -0.2) is 6.57 Å². The van der Waals surface area contributed by atoms with Crippen molar-refractivity contribution in [1.29, 1.82) is 0 Å². The van der Waals surface area contributed by atoms with E-state index in [-0.39, 0.29) is 42.6 Å². The Balaban J connectivity index is 1.42. The molecule has 1 aromatic carbocycles. The lowest BCUT2D eigenvalue weighted by atomic mass is 9.80. The number of fused-ring (bicyclic) bond motifs is 3. The monoisotopic (exact) mass is 477 g/mol. The molecular formula is C27H35N5O3. The molecule has 6 atom stereocenters. The quantitative estimate of drug-likeness (QED) is 0.639. The molecule has 3 heterocycles. The summed E-state index contributed by atoms with van der Waals surface area (Å²) in [7, 11) is 1.74. The minimum absolute atomic E-state index is 0.00748. The van der Waals surface area contributed by atoms with Crippen molar-refractivity contribution in [3.63, 3.8) is 0 Å². The third-order valence-electron chi connectivity index (χ3n) is 8.59. The zero-order chi connectivity index (χ0) is 25.1. The Kier molecular flexibility index (Phi) is 5.87. The van der Waals surface area contributed by atoms with E-state index in [0.717, 1.165) is 30.8 Å². The van der Waals surface area contributed by atoms with Gasteiger partial charge in [0.1, 0.15) is 11.5 Å². The first-order valence-corrected chi connectivity index (χ1v) is 12.8. The molecule has 186 valence electrons. The number of nitrogens with one attached hydrogen (secondary N) is 1. The Morgan fingerprint density at radius 2 is 2.06 bits per heavy atom. The first-order chi connectivity index (χ1) is 16.7. The number of carbonyl (C=O) groups is 3. The van der Waals surface area contributed by atoms with Gasteiger partial charge < -0.3 is 10.2 Å². The number of hydrogen-bond acceptors (Lipinski definition) is 4. The molecule has 1 aliphatic carbocycles. The largest absolute Gasteiger partial charge is 0.332 e. The molecule has 1 aromatic rings. The minimum Gasteiger partial charge on any atom is -0.332 e. The number of amides is 3. The zero-order valence-electron chi connectivity index (χ0n) is 21.0. The molecule has 1 saturated carbocycles. The van der Waals surface area contributed by atoms with Gasteiger partial charge in [-0.1, -0.05) is 39.0 Å². The van der Waals surface area contributed by atoms with Gasteiger partial charge in [-0.2, -0.15) is 0 Å². The lowest BCUT2D eigenvalue weighted by molar-refractivity contribution is -0.148. The fraction of sp³-hybridized carbons (Fsp3) is 0.630. The molecule has 4 aliphatic rings. The maximum absolute atomic E-state index is 14.1. The van der Waals surface area contributed by atoms with Crippen molar-refractivity contribution in [1.82, 2.24) is 14.7 Å². The topological polar surface area (TPSA) is 77.3 Å². The summed E-state index contributed by atoms with van der Waals surface area (Å²) >= 11 is 0. The highest BCUT2D eigenvalue weighted by molar-refractivity contribution is 6.07. The van der Waals surface area contributed by atoms with E-state index in [4.69, 9.17) is 6.57 Å². The first-order valence-electron chi connectivity index (χ1n) is 12.8. The van der Waals surface area contributed by atoms with Crippen molar-refractivity contribution in [2.75, 3.05) is 32.0 Å². The second-order valence-electron chi connectivity index (χ2n) is 11.1. The van der Waals surface area contributed by atoms with E-state index in [1.54, 1.807) is 16.8 Å². The van der Waals surface area contributed by atoms with Crippen molar-refractivity contribution in [2.24, 2.45) is 17.8 Å². The van der Waals surface area contributed by atoms with E-state index in [2.05, 4.69) is 22.0 Å². The first kappa shape index (κ1) is 23.8. The molecule has 1 spiro atoms. The van der Waals surface area contributed by atoms with Crippen LogP contribution in [-0.2, 0) is 19.8 Å². The molecule has 8 heteroatoms. The Bertz CT molecular complexity index is 1100. The number of hydrogen-bond donors (Lipinski definition) is 1. The smallest absolute Gasteiger partial charge is 0.302 e. The van der Waals surface area contributed by atoms with Crippen LogP contribution in [-0.4, -0.2) is 77.4 Å². The second-order valence-corrected chi connectivity index (χ2v) is 11.1. The predicted molar refractivity (Wildman–Crippen MR) is 132 cm³/mol. The summed E-state index contributed by atoms with van der Waals surface area (Å²) in [6.07, 6.45) is 1.15. The Labute approximate surface area is 207 Å². The van der Waals surface area contributed by atoms with Gasteiger partial charge in [0.15, 0.2) is 0 Å². The van der Waals surface area contributed by atoms with E-state index in [1.807, 2.05) is 38.1 Å². The molecule has 5 rings (SSSR count). The molecule has 3 fully saturated rings. The molecule has 1 N–H and O–H groups in total. The molecule has 3 aliphatic heterocycles. The molecular weight excluding hydrogens is 442 g/mol. The molecule has 0 unspecified atom stereocenters. The molecule has 8 nitrogen and oxygen atoms in total. The van der Waals surface area contributed by atoms with Gasteiger partial charge in [0, 0.05) is 25.8 Å². The highest BCUT2D eigenvalue weighted by atomic mass is 16.2. The van der Waals surface area contributed by atoms with Gasteiger partial charge in [0.05, 0.1) is 12.5 Å². The molecule has 0 bridgehead atoms. The van der Waals surface area contributed by atoms with E-state index in [0.29, 0.717) is 18.3 Å². The number of benzene rings is 1. The summed E-state index contributed by atoms with van der Waals surface area (Å²) in [6, 6.07) is 6.71. The summed E-state index contributed by atoms with van der Waals surface area (Å²) < 4.78 is 0. The second kappa shape index (κ2) is 8.63. The number of nitrogens with zero attached hydrogens (tertiary/aromatic N) is 4. The van der Waals surface area contributed by atoms with Crippen LogP contribution in [0.3, 0.4) is 0 Å². The van der Waals surface area contributed by atoms with Gasteiger partial charge in [0.2, 0.25) is 11.8 Å². The number of likely N-dealkylation sites (tertiary alicyclic amines) is 2.